The highest BCUT2D eigenvalue weighted by molar-refractivity contribution is 7.91. The quantitative estimate of drug-likeness (QED) is 0.735. The van der Waals surface area contributed by atoms with Crippen LogP contribution in [0.1, 0.15) is 26.7 Å². The fourth-order valence-corrected chi connectivity index (χ4v) is 4.20. The van der Waals surface area contributed by atoms with Crippen molar-refractivity contribution in [1.82, 2.24) is 4.31 Å². The Balaban J connectivity index is 2.70. The van der Waals surface area contributed by atoms with Gasteiger partial charge in [0.05, 0.1) is 10.5 Å². The summed E-state index contributed by atoms with van der Waals surface area (Å²) in [6.07, 6.45) is 2.03. The van der Waals surface area contributed by atoms with Crippen molar-refractivity contribution in [2.45, 2.75) is 37.2 Å². The Morgan fingerprint density at radius 1 is 1.06 bits per heavy atom. The molecular weight excluding hydrogens is 250 g/mol. The second-order valence-corrected chi connectivity index (χ2v) is 9.34. The van der Waals surface area contributed by atoms with Gasteiger partial charge in [0.25, 0.3) is 0 Å². The predicted molar refractivity (Wildman–Crippen MR) is 63.5 cm³/mol. The molecule has 1 saturated heterocycles. The lowest BCUT2D eigenvalue weighted by molar-refractivity contribution is 0.343. The molecule has 0 aromatic heterocycles. The third kappa shape index (κ3) is 2.95. The van der Waals surface area contributed by atoms with E-state index < -0.39 is 25.1 Å². The second kappa shape index (κ2) is 4.62. The summed E-state index contributed by atoms with van der Waals surface area (Å²) in [7, 11) is -6.27. The number of rotatable bonds is 3. The molecule has 0 atom stereocenters. The maximum atomic E-state index is 11.8. The lowest BCUT2D eigenvalue weighted by Crippen LogP contribution is -2.44. The summed E-state index contributed by atoms with van der Waals surface area (Å²) in [6.45, 7) is 3.91. The van der Waals surface area contributed by atoms with Crippen LogP contribution in [0.25, 0.3) is 0 Å². The first kappa shape index (κ1) is 13.9. The Bertz CT molecular complexity index is 430. The average Bonchev–Trinajstić information content (AvgIpc) is 2.16. The van der Waals surface area contributed by atoms with Gasteiger partial charge >= 0.3 is 0 Å². The fourth-order valence-electron chi connectivity index (χ4n) is 1.81. The van der Waals surface area contributed by atoms with Gasteiger partial charge in [0.2, 0.25) is 10.0 Å². The zero-order chi connectivity index (χ0) is 12.6. The van der Waals surface area contributed by atoms with Crippen LogP contribution in [-0.2, 0) is 19.9 Å². The molecule has 0 unspecified atom stereocenters. The summed E-state index contributed by atoms with van der Waals surface area (Å²) in [5, 5.41) is -0.826. The smallest absolute Gasteiger partial charge is 0.216 e. The molecule has 16 heavy (non-hydrogen) atoms. The van der Waals surface area contributed by atoms with Crippen molar-refractivity contribution in [2.24, 2.45) is 0 Å². The average molecular weight is 269 g/mol. The molecule has 7 heteroatoms. The topological polar surface area (TPSA) is 71.5 Å². The SMILES string of the molecule is CC(C)S(=O)(=O)N1CCC(S(C)(=O)=O)CC1. The molecule has 0 N–H and O–H groups in total. The first-order valence-electron chi connectivity index (χ1n) is 5.33. The Labute approximate surface area is 97.8 Å². The summed E-state index contributed by atoms with van der Waals surface area (Å²) >= 11 is 0. The van der Waals surface area contributed by atoms with Gasteiger partial charge in [-0.3, -0.25) is 0 Å². The van der Waals surface area contributed by atoms with Crippen LogP contribution in [0, 0.1) is 0 Å². The largest absolute Gasteiger partial charge is 0.229 e. The van der Waals surface area contributed by atoms with Crippen molar-refractivity contribution < 1.29 is 16.8 Å². The van der Waals surface area contributed by atoms with E-state index >= 15 is 0 Å². The van der Waals surface area contributed by atoms with E-state index in [1.807, 2.05) is 0 Å². The second-order valence-electron chi connectivity index (χ2n) is 4.52. The minimum Gasteiger partial charge on any atom is -0.229 e. The molecule has 1 aliphatic rings. The molecule has 1 aliphatic heterocycles. The molecule has 1 heterocycles. The first-order valence-corrected chi connectivity index (χ1v) is 8.79. The standard InChI is InChI=1S/C9H19NO4S2/c1-8(2)16(13,14)10-6-4-9(5-7-10)15(3,11)12/h8-9H,4-7H2,1-3H3. The molecule has 0 amide bonds. The zero-order valence-corrected chi connectivity index (χ0v) is 11.5. The number of sulfonamides is 1. The number of nitrogens with zero attached hydrogens (tertiary/aromatic N) is 1. The summed E-state index contributed by atoms with van der Waals surface area (Å²) in [5.41, 5.74) is 0. The van der Waals surface area contributed by atoms with Crippen LogP contribution < -0.4 is 0 Å². The van der Waals surface area contributed by atoms with Crippen LogP contribution in [-0.4, -0.2) is 51.0 Å². The Kier molecular flexibility index (Phi) is 4.02. The van der Waals surface area contributed by atoms with E-state index in [9.17, 15) is 16.8 Å². The van der Waals surface area contributed by atoms with Gasteiger partial charge in [-0.05, 0) is 26.7 Å². The molecule has 0 radical (unpaired) electrons. The van der Waals surface area contributed by atoms with Gasteiger partial charge in [-0.25, -0.2) is 21.1 Å². The van der Waals surface area contributed by atoms with Gasteiger partial charge in [-0.15, -0.1) is 0 Å². The van der Waals surface area contributed by atoms with Crippen molar-refractivity contribution in [1.29, 1.82) is 0 Å². The maximum absolute atomic E-state index is 11.8. The predicted octanol–water partition coefficient (Wildman–Crippen LogP) is 0.234. The molecule has 96 valence electrons. The minimum absolute atomic E-state index is 0.318. The Morgan fingerprint density at radius 3 is 1.81 bits per heavy atom. The van der Waals surface area contributed by atoms with Gasteiger partial charge in [-0.2, -0.15) is 0 Å². The molecule has 0 bridgehead atoms. The molecule has 0 spiro atoms. The monoisotopic (exact) mass is 269 g/mol. The van der Waals surface area contributed by atoms with Crippen LogP contribution in [0.2, 0.25) is 0 Å². The van der Waals surface area contributed by atoms with Gasteiger partial charge in [-0.1, -0.05) is 0 Å². The van der Waals surface area contributed by atoms with Crippen molar-refractivity contribution in [3.63, 3.8) is 0 Å². The highest BCUT2D eigenvalue weighted by atomic mass is 32.2. The summed E-state index contributed by atoms with van der Waals surface area (Å²) in [6, 6.07) is 0. The van der Waals surface area contributed by atoms with Crippen molar-refractivity contribution in [3.8, 4) is 0 Å². The van der Waals surface area contributed by atoms with Crippen molar-refractivity contribution >= 4 is 19.9 Å². The third-order valence-corrected chi connectivity index (χ3v) is 6.92. The third-order valence-electron chi connectivity index (χ3n) is 2.96. The lowest BCUT2D eigenvalue weighted by atomic mass is 10.2. The zero-order valence-electron chi connectivity index (χ0n) is 9.88. The normalized spacial score (nSPS) is 21.5. The van der Waals surface area contributed by atoms with Gasteiger partial charge in [0, 0.05) is 19.3 Å². The highest BCUT2D eigenvalue weighted by Gasteiger charge is 2.33. The first-order chi connectivity index (χ1) is 7.15. The molecule has 0 aliphatic carbocycles. The van der Waals surface area contributed by atoms with E-state index in [4.69, 9.17) is 0 Å². The highest BCUT2D eigenvalue weighted by Crippen LogP contribution is 2.21. The van der Waals surface area contributed by atoms with Crippen LogP contribution >= 0.6 is 0 Å². The van der Waals surface area contributed by atoms with E-state index in [0.717, 1.165) is 0 Å². The van der Waals surface area contributed by atoms with E-state index in [-0.39, 0.29) is 5.25 Å². The summed E-state index contributed by atoms with van der Waals surface area (Å²) in [5.74, 6) is 0. The number of sulfone groups is 1. The molecule has 0 aromatic rings. The van der Waals surface area contributed by atoms with Crippen LogP contribution in [0.4, 0.5) is 0 Å². The summed E-state index contributed by atoms with van der Waals surface area (Å²) in [4.78, 5) is 0. The van der Waals surface area contributed by atoms with Crippen molar-refractivity contribution in [3.05, 3.63) is 0 Å². The molecule has 0 saturated carbocycles. The number of piperidine rings is 1. The fraction of sp³-hybridized carbons (Fsp3) is 1.00. The molecule has 1 rings (SSSR count). The van der Waals surface area contributed by atoms with Gasteiger partial charge in [0.15, 0.2) is 0 Å². The van der Waals surface area contributed by atoms with E-state index in [1.54, 1.807) is 13.8 Å². The molecule has 1 fully saturated rings. The minimum atomic E-state index is -3.23. The Morgan fingerprint density at radius 2 is 1.50 bits per heavy atom. The Hall–Kier alpha value is -0.140. The van der Waals surface area contributed by atoms with E-state index in [0.29, 0.717) is 25.9 Å². The number of hydrogen-bond donors (Lipinski definition) is 0. The van der Waals surface area contributed by atoms with Gasteiger partial charge < -0.3 is 0 Å². The number of hydrogen-bond acceptors (Lipinski definition) is 4. The van der Waals surface area contributed by atoms with Crippen LogP contribution in [0.5, 0.6) is 0 Å². The molecule has 5 nitrogen and oxygen atoms in total. The lowest BCUT2D eigenvalue weighted by Gasteiger charge is -2.31. The molecular formula is C9H19NO4S2. The summed E-state index contributed by atoms with van der Waals surface area (Å²) < 4.78 is 47.7. The maximum Gasteiger partial charge on any atom is 0.216 e. The molecule has 0 aromatic carbocycles. The van der Waals surface area contributed by atoms with E-state index in [2.05, 4.69) is 0 Å². The van der Waals surface area contributed by atoms with Crippen LogP contribution in [0.15, 0.2) is 0 Å². The van der Waals surface area contributed by atoms with Gasteiger partial charge in [0.1, 0.15) is 9.84 Å². The van der Waals surface area contributed by atoms with Crippen LogP contribution in [0.3, 0.4) is 0 Å². The van der Waals surface area contributed by atoms with E-state index in [1.165, 1.54) is 10.6 Å². The van der Waals surface area contributed by atoms with Crippen molar-refractivity contribution in [2.75, 3.05) is 19.3 Å².